The van der Waals surface area contributed by atoms with Crippen LogP contribution in [-0.2, 0) is 22.9 Å². The van der Waals surface area contributed by atoms with Crippen molar-refractivity contribution in [2.24, 2.45) is 5.41 Å². The van der Waals surface area contributed by atoms with Crippen LogP contribution < -0.4 is 11.4 Å². The Morgan fingerprint density at radius 1 is 1.60 bits per heavy atom. The quantitative estimate of drug-likeness (QED) is 0.626. The lowest BCUT2D eigenvalue weighted by molar-refractivity contribution is -0.0748. The maximum absolute atomic E-state index is 12.7. The van der Waals surface area contributed by atoms with Gasteiger partial charge in [-0.1, -0.05) is 5.92 Å². The lowest BCUT2D eigenvalue weighted by Crippen LogP contribution is -2.43. The van der Waals surface area contributed by atoms with Crippen molar-refractivity contribution < 1.29 is 22.9 Å². The number of aromatic nitrogens is 2. The van der Waals surface area contributed by atoms with E-state index in [9.17, 15) is 9.36 Å². The summed E-state index contributed by atoms with van der Waals surface area (Å²) in [5, 5.41) is 0. The van der Waals surface area contributed by atoms with Gasteiger partial charge in [0.1, 0.15) is 23.4 Å². The summed E-state index contributed by atoms with van der Waals surface area (Å²) in [5.74, 6) is 2.71. The first-order valence-corrected chi connectivity index (χ1v) is 9.24. The highest BCUT2D eigenvalue weighted by Crippen LogP contribution is 2.61. The van der Waals surface area contributed by atoms with Gasteiger partial charge in [0, 0.05) is 6.20 Å². The number of hydrogen-bond donors (Lipinski definition) is 1. The molecule has 2 saturated heterocycles. The number of hydrogen-bond acceptors (Lipinski definition) is 8. The minimum atomic E-state index is -3.77. The zero-order chi connectivity index (χ0) is 18.4. The molecule has 2 aliphatic heterocycles. The van der Waals surface area contributed by atoms with Crippen LogP contribution in [-0.4, -0.2) is 34.5 Å². The van der Waals surface area contributed by atoms with Gasteiger partial charge < -0.3 is 10.5 Å². The molecule has 2 N–H and O–H groups in total. The molecule has 3 rings (SSSR count). The predicted octanol–water partition coefficient (Wildman–Crippen LogP) is 1.31. The third-order valence-corrected chi connectivity index (χ3v) is 5.77. The molecule has 10 heteroatoms. The van der Waals surface area contributed by atoms with Gasteiger partial charge in [0.15, 0.2) is 6.23 Å². The molecular formula is C15H20N3O6P. The number of anilines is 1. The second-order valence-corrected chi connectivity index (χ2v) is 7.99. The molecule has 0 aliphatic carbocycles. The number of nitrogens with zero attached hydrogens (tertiary/aromatic N) is 2. The highest BCUT2D eigenvalue weighted by molar-refractivity contribution is 7.48. The van der Waals surface area contributed by atoms with Crippen LogP contribution in [0.3, 0.4) is 0 Å². The summed E-state index contributed by atoms with van der Waals surface area (Å²) >= 11 is 0. The Morgan fingerprint density at radius 3 is 2.92 bits per heavy atom. The highest BCUT2D eigenvalue weighted by atomic mass is 31.2. The summed E-state index contributed by atoms with van der Waals surface area (Å²) < 4.78 is 36.0. The molecule has 0 bridgehead atoms. The van der Waals surface area contributed by atoms with Crippen LogP contribution in [0.2, 0.25) is 0 Å². The smallest absolute Gasteiger partial charge is 0.383 e. The fraction of sp³-hybridized carbons (Fsp3) is 0.600. The second-order valence-electron chi connectivity index (χ2n) is 6.42. The van der Waals surface area contributed by atoms with E-state index >= 15 is 0 Å². The topological polar surface area (TPSA) is 115 Å². The zero-order valence-electron chi connectivity index (χ0n) is 14.1. The van der Waals surface area contributed by atoms with Gasteiger partial charge in [-0.3, -0.25) is 18.1 Å². The molecule has 3 heterocycles. The van der Waals surface area contributed by atoms with Gasteiger partial charge in [-0.25, -0.2) is 9.36 Å². The summed E-state index contributed by atoms with van der Waals surface area (Å²) in [6.45, 7) is 5.09. The van der Waals surface area contributed by atoms with Crippen LogP contribution in [0, 0.1) is 17.8 Å². The van der Waals surface area contributed by atoms with Crippen molar-refractivity contribution in [2.45, 2.75) is 45.3 Å². The van der Waals surface area contributed by atoms with Gasteiger partial charge in [0.2, 0.25) is 0 Å². The molecule has 0 amide bonds. The molecule has 2 aliphatic rings. The molecular weight excluding hydrogens is 349 g/mol. The number of nitrogens with two attached hydrogens (primary N) is 1. The Hall–Kier alpha value is -1.69. The van der Waals surface area contributed by atoms with Crippen LogP contribution in [0.4, 0.5) is 5.82 Å². The molecule has 2 fully saturated rings. The van der Waals surface area contributed by atoms with Crippen LogP contribution in [0.15, 0.2) is 17.1 Å². The molecule has 9 nitrogen and oxygen atoms in total. The average Bonchev–Trinajstić information content (AvgIpc) is 2.79. The van der Waals surface area contributed by atoms with Gasteiger partial charge in [-0.2, -0.15) is 4.98 Å². The highest BCUT2D eigenvalue weighted by Gasteiger charge is 2.60. The van der Waals surface area contributed by atoms with Gasteiger partial charge in [0.05, 0.1) is 12.7 Å². The molecule has 25 heavy (non-hydrogen) atoms. The molecule has 0 spiro atoms. The summed E-state index contributed by atoms with van der Waals surface area (Å²) in [5.41, 5.74) is 3.83. The first-order chi connectivity index (χ1) is 11.7. The van der Waals surface area contributed by atoms with Crippen molar-refractivity contribution in [1.82, 2.24) is 9.55 Å². The van der Waals surface area contributed by atoms with Crippen LogP contribution in [0.5, 0.6) is 0 Å². The first-order valence-electron chi connectivity index (χ1n) is 7.78. The molecule has 0 aromatic carbocycles. The van der Waals surface area contributed by atoms with E-state index < -0.39 is 37.4 Å². The Balaban J connectivity index is 1.97. The largest absolute Gasteiger partial charge is 0.475 e. The third-order valence-electron chi connectivity index (χ3n) is 4.14. The number of ether oxygens (including phenoxy) is 1. The Labute approximate surface area is 145 Å². The van der Waals surface area contributed by atoms with E-state index in [0.29, 0.717) is 0 Å². The Kier molecular flexibility index (Phi) is 4.52. The van der Waals surface area contributed by atoms with Crippen LogP contribution in [0.25, 0.3) is 0 Å². The van der Waals surface area contributed by atoms with E-state index in [4.69, 9.17) is 30.5 Å². The van der Waals surface area contributed by atoms with Crippen molar-refractivity contribution in [3.05, 3.63) is 22.7 Å². The zero-order valence-corrected chi connectivity index (χ0v) is 15.0. The normalized spacial score (nSPS) is 37.6. The van der Waals surface area contributed by atoms with E-state index in [-0.39, 0.29) is 18.5 Å². The first kappa shape index (κ1) is 18.1. The fourth-order valence-corrected chi connectivity index (χ4v) is 4.62. The number of phosphoric ester groups is 1. The molecule has 1 aromatic rings. The van der Waals surface area contributed by atoms with E-state index in [0.717, 1.165) is 0 Å². The second kappa shape index (κ2) is 6.24. The summed E-state index contributed by atoms with van der Waals surface area (Å²) in [7, 11) is -3.77. The third kappa shape index (κ3) is 3.12. The standard InChI is InChI=1S/C15H20N3O6P/c1-5-15(4)12-10(8-21-25(20,24-12)23-9(2)3)22-13(15)18-7-6-11(16)17-14(18)19/h1,6-7,9-10,12-13H,8H2,2-4H3,(H2,16,17,19)/t10-,12-,13+,15-,25?/m1/s1. The van der Waals surface area contributed by atoms with Crippen molar-refractivity contribution in [3.8, 4) is 12.3 Å². The van der Waals surface area contributed by atoms with Crippen LogP contribution in [0.1, 0.15) is 27.0 Å². The van der Waals surface area contributed by atoms with Crippen LogP contribution >= 0.6 is 7.82 Å². The maximum Gasteiger partial charge on any atom is 0.475 e. The molecule has 0 saturated carbocycles. The average molecular weight is 369 g/mol. The Bertz CT molecular complexity index is 818. The van der Waals surface area contributed by atoms with Gasteiger partial charge in [-0.05, 0) is 26.8 Å². The van der Waals surface area contributed by atoms with E-state index in [1.165, 1.54) is 16.8 Å². The summed E-state index contributed by atoms with van der Waals surface area (Å²) in [6.07, 6.45) is 4.57. The molecule has 136 valence electrons. The monoisotopic (exact) mass is 369 g/mol. The minimum absolute atomic E-state index is 0.0282. The van der Waals surface area contributed by atoms with E-state index in [1.54, 1.807) is 20.8 Å². The molecule has 1 aromatic heterocycles. The van der Waals surface area contributed by atoms with E-state index in [1.807, 2.05) is 0 Å². The number of phosphoric acid groups is 1. The van der Waals surface area contributed by atoms with Gasteiger partial charge in [0.25, 0.3) is 0 Å². The lowest BCUT2D eigenvalue weighted by atomic mass is 9.83. The van der Waals surface area contributed by atoms with Crippen molar-refractivity contribution in [2.75, 3.05) is 12.3 Å². The minimum Gasteiger partial charge on any atom is -0.383 e. The summed E-state index contributed by atoms with van der Waals surface area (Å²) in [6, 6.07) is 1.47. The molecule has 5 atom stereocenters. The predicted molar refractivity (Wildman–Crippen MR) is 88.4 cm³/mol. The molecule has 1 unspecified atom stereocenters. The summed E-state index contributed by atoms with van der Waals surface area (Å²) in [4.78, 5) is 15.9. The molecule has 0 radical (unpaired) electrons. The van der Waals surface area contributed by atoms with Crippen molar-refractivity contribution >= 4 is 13.6 Å². The number of fused-ring (bicyclic) bond motifs is 1. The van der Waals surface area contributed by atoms with Crippen molar-refractivity contribution in [3.63, 3.8) is 0 Å². The van der Waals surface area contributed by atoms with E-state index in [2.05, 4.69) is 10.9 Å². The Morgan fingerprint density at radius 2 is 2.32 bits per heavy atom. The van der Waals surface area contributed by atoms with Gasteiger partial charge >= 0.3 is 13.5 Å². The maximum atomic E-state index is 12.7. The SMILES string of the molecule is C#C[C@]1(C)[C@@H]2OP(=O)(OC(C)C)OC[C@H]2O[C@@H]1n1ccc(N)nc1=O. The number of terminal acetylenes is 1. The number of rotatable bonds is 3. The fourth-order valence-electron chi connectivity index (χ4n) is 2.97. The van der Waals surface area contributed by atoms with Crippen molar-refractivity contribution in [1.29, 1.82) is 0 Å². The number of nitrogen functional groups attached to an aromatic ring is 1. The lowest BCUT2D eigenvalue weighted by Gasteiger charge is -2.35. The van der Waals surface area contributed by atoms with Gasteiger partial charge in [-0.15, -0.1) is 6.42 Å².